The summed E-state index contributed by atoms with van der Waals surface area (Å²) in [6, 6.07) is 4.89. The van der Waals surface area contributed by atoms with E-state index in [1.165, 1.54) is 6.07 Å². The molecule has 0 amide bonds. The van der Waals surface area contributed by atoms with Crippen molar-refractivity contribution in [2.24, 2.45) is 0 Å². The van der Waals surface area contributed by atoms with Gasteiger partial charge in [0.25, 0.3) is 0 Å². The zero-order valence-corrected chi connectivity index (χ0v) is 12.7. The number of rotatable bonds is 10. The second kappa shape index (κ2) is 9.72. The Morgan fingerprint density at radius 3 is 2.65 bits per heavy atom. The van der Waals surface area contributed by atoms with Crippen molar-refractivity contribution in [3.8, 4) is 5.75 Å². The molecule has 114 valence electrons. The molecule has 0 bridgehead atoms. The van der Waals surface area contributed by atoms with Gasteiger partial charge in [-0.15, -0.1) is 0 Å². The molecule has 0 aliphatic rings. The van der Waals surface area contributed by atoms with Crippen LogP contribution in [0.1, 0.15) is 45.2 Å². The third-order valence-corrected chi connectivity index (χ3v) is 2.98. The molecule has 0 spiro atoms. The standard InChI is InChI=1S/C16H26FNO2/c1-4-9-18-13(3)16-14(17)7-6-8-15(16)20-12-11-19-10-5-2/h6-8,13,18H,4-5,9-12H2,1-3H3. The minimum atomic E-state index is -0.229. The summed E-state index contributed by atoms with van der Waals surface area (Å²) in [5, 5.41) is 3.29. The lowest BCUT2D eigenvalue weighted by atomic mass is 10.1. The van der Waals surface area contributed by atoms with E-state index < -0.39 is 0 Å². The highest BCUT2D eigenvalue weighted by atomic mass is 19.1. The zero-order chi connectivity index (χ0) is 14.8. The van der Waals surface area contributed by atoms with Crippen LogP contribution in [0.25, 0.3) is 0 Å². The molecule has 0 radical (unpaired) electrons. The van der Waals surface area contributed by atoms with Crippen LogP contribution in [0.5, 0.6) is 5.75 Å². The molecule has 0 aliphatic carbocycles. The largest absolute Gasteiger partial charge is 0.491 e. The first-order valence-corrected chi connectivity index (χ1v) is 7.43. The fourth-order valence-corrected chi connectivity index (χ4v) is 1.98. The fourth-order valence-electron chi connectivity index (χ4n) is 1.98. The van der Waals surface area contributed by atoms with E-state index in [4.69, 9.17) is 9.47 Å². The summed E-state index contributed by atoms with van der Waals surface area (Å²) in [6.45, 7) is 8.66. The number of hydrogen-bond donors (Lipinski definition) is 1. The van der Waals surface area contributed by atoms with Gasteiger partial charge in [0.05, 0.1) is 6.61 Å². The normalized spacial score (nSPS) is 12.4. The minimum Gasteiger partial charge on any atom is -0.491 e. The number of ether oxygens (including phenoxy) is 2. The number of hydrogen-bond acceptors (Lipinski definition) is 3. The first-order chi connectivity index (χ1) is 9.70. The molecular formula is C16H26FNO2. The van der Waals surface area contributed by atoms with E-state index in [-0.39, 0.29) is 11.9 Å². The molecule has 1 atom stereocenters. The molecular weight excluding hydrogens is 257 g/mol. The quantitative estimate of drug-likeness (QED) is 0.664. The summed E-state index contributed by atoms with van der Waals surface area (Å²) < 4.78 is 25.0. The van der Waals surface area contributed by atoms with E-state index in [0.29, 0.717) is 24.5 Å². The summed E-state index contributed by atoms with van der Waals surface area (Å²) >= 11 is 0. The Labute approximate surface area is 121 Å². The second-order valence-corrected chi connectivity index (χ2v) is 4.79. The topological polar surface area (TPSA) is 30.5 Å². The van der Waals surface area contributed by atoms with E-state index in [2.05, 4.69) is 19.2 Å². The van der Waals surface area contributed by atoms with Gasteiger partial charge in [0.2, 0.25) is 0 Å². The van der Waals surface area contributed by atoms with E-state index >= 15 is 0 Å². The van der Waals surface area contributed by atoms with Crippen molar-refractivity contribution in [3.05, 3.63) is 29.6 Å². The van der Waals surface area contributed by atoms with E-state index in [1.54, 1.807) is 6.07 Å². The summed E-state index contributed by atoms with van der Waals surface area (Å²) in [5.41, 5.74) is 0.594. The Kier molecular flexibility index (Phi) is 8.23. The molecule has 0 heterocycles. The summed E-state index contributed by atoms with van der Waals surface area (Å²) in [5.74, 6) is 0.370. The molecule has 0 aliphatic heterocycles. The van der Waals surface area contributed by atoms with Gasteiger partial charge in [-0.2, -0.15) is 0 Å². The molecule has 0 fully saturated rings. The highest BCUT2D eigenvalue weighted by molar-refractivity contribution is 5.37. The lowest BCUT2D eigenvalue weighted by Crippen LogP contribution is -2.21. The molecule has 1 aromatic carbocycles. The van der Waals surface area contributed by atoms with Crippen LogP contribution >= 0.6 is 0 Å². The predicted molar refractivity (Wildman–Crippen MR) is 79.7 cm³/mol. The Bertz CT molecular complexity index is 385. The number of halogens is 1. The third kappa shape index (κ3) is 5.47. The van der Waals surface area contributed by atoms with Crippen LogP contribution in [0, 0.1) is 5.82 Å². The predicted octanol–water partition coefficient (Wildman–Crippen LogP) is 3.69. The van der Waals surface area contributed by atoms with Crippen molar-refractivity contribution in [1.82, 2.24) is 5.32 Å². The first kappa shape index (κ1) is 16.9. The van der Waals surface area contributed by atoms with Crippen LogP contribution in [0.15, 0.2) is 18.2 Å². The fraction of sp³-hybridized carbons (Fsp3) is 0.625. The molecule has 4 heteroatoms. The molecule has 1 rings (SSSR count). The van der Waals surface area contributed by atoms with Gasteiger partial charge in [0.1, 0.15) is 18.2 Å². The maximum atomic E-state index is 14.0. The smallest absolute Gasteiger partial charge is 0.131 e. The van der Waals surface area contributed by atoms with Crippen molar-refractivity contribution >= 4 is 0 Å². The van der Waals surface area contributed by atoms with E-state index in [9.17, 15) is 4.39 Å². The highest BCUT2D eigenvalue weighted by Gasteiger charge is 2.16. The van der Waals surface area contributed by atoms with Crippen LogP contribution in [0.2, 0.25) is 0 Å². The first-order valence-electron chi connectivity index (χ1n) is 7.43. The Morgan fingerprint density at radius 2 is 1.95 bits per heavy atom. The molecule has 0 saturated carbocycles. The molecule has 1 unspecified atom stereocenters. The average molecular weight is 283 g/mol. The minimum absolute atomic E-state index is 0.0669. The molecule has 0 aromatic heterocycles. The van der Waals surface area contributed by atoms with E-state index in [1.807, 2.05) is 13.0 Å². The van der Waals surface area contributed by atoms with Gasteiger partial charge in [0, 0.05) is 18.2 Å². The lowest BCUT2D eigenvalue weighted by Gasteiger charge is -2.19. The lowest BCUT2D eigenvalue weighted by molar-refractivity contribution is 0.0999. The van der Waals surface area contributed by atoms with Gasteiger partial charge in [0.15, 0.2) is 0 Å². The maximum Gasteiger partial charge on any atom is 0.131 e. The number of nitrogens with one attached hydrogen (secondary N) is 1. The van der Waals surface area contributed by atoms with Crippen LogP contribution in [-0.4, -0.2) is 26.4 Å². The highest BCUT2D eigenvalue weighted by Crippen LogP contribution is 2.27. The average Bonchev–Trinajstić information content (AvgIpc) is 2.44. The van der Waals surface area contributed by atoms with Gasteiger partial charge in [-0.3, -0.25) is 0 Å². The van der Waals surface area contributed by atoms with Crippen molar-refractivity contribution < 1.29 is 13.9 Å². The van der Waals surface area contributed by atoms with E-state index in [0.717, 1.165) is 26.0 Å². The Morgan fingerprint density at radius 1 is 1.15 bits per heavy atom. The number of benzene rings is 1. The Balaban J connectivity index is 2.62. The van der Waals surface area contributed by atoms with Crippen LogP contribution in [-0.2, 0) is 4.74 Å². The van der Waals surface area contributed by atoms with Gasteiger partial charge in [-0.25, -0.2) is 4.39 Å². The van der Waals surface area contributed by atoms with Crippen LogP contribution < -0.4 is 10.1 Å². The third-order valence-electron chi connectivity index (χ3n) is 2.98. The summed E-state index contributed by atoms with van der Waals surface area (Å²) in [4.78, 5) is 0. The molecule has 1 N–H and O–H groups in total. The zero-order valence-electron chi connectivity index (χ0n) is 12.7. The molecule has 1 aromatic rings. The molecule has 20 heavy (non-hydrogen) atoms. The second-order valence-electron chi connectivity index (χ2n) is 4.79. The summed E-state index contributed by atoms with van der Waals surface area (Å²) in [6.07, 6.45) is 2.00. The SMILES string of the molecule is CCCNC(C)c1c(F)cccc1OCCOCCC. The van der Waals surface area contributed by atoms with Crippen molar-refractivity contribution in [2.45, 2.75) is 39.7 Å². The monoisotopic (exact) mass is 283 g/mol. The van der Waals surface area contributed by atoms with Crippen molar-refractivity contribution in [2.75, 3.05) is 26.4 Å². The van der Waals surface area contributed by atoms with Gasteiger partial charge < -0.3 is 14.8 Å². The van der Waals surface area contributed by atoms with Gasteiger partial charge >= 0.3 is 0 Å². The van der Waals surface area contributed by atoms with Crippen LogP contribution in [0.3, 0.4) is 0 Å². The van der Waals surface area contributed by atoms with Gasteiger partial charge in [-0.1, -0.05) is 19.9 Å². The maximum absolute atomic E-state index is 14.0. The van der Waals surface area contributed by atoms with Crippen molar-refractivity contribution in [3.63, 3.8) is 0 Å². The van der Waals surface area contributed by atoms with Crippen LogP contribution in [0.4, 0.5) is 4.39 Å². The van der Waals surface area contributed by atoms with Gasteiger partial charge in [-0.05, 0) is 38.4 Å². The molecule has 3 nitrogen and oxygen atoms in total. The summed E-state index contributed by atoms with van der Waals surface area (Å²) in [7, 11) is 0. The Hall–Kier alpha value is -1.13. The van der Waals surface area contributed by atoms with Crippen molar-refractivity contribution in [1.29, 1.82) is 0 Å². The molecule has 0 saturated heterocycles.